The fourth-order valence-corrected chi connectivity index (χ4v) is 8.09. The normalized spacial score (nSPS) is 26.1. The largest absolute Gasteiger partial charge is 0.508 e. The van der Waals surface area contributed by atoms with Crippen LogP contribution < -0.4 is 9.64 Å². The predicted octanol–water partition coefficient (Wildman–Crippen LogP) is 5.56. The van der Waals surface area contributed by atoms with Gasteiger partial charge in [0.2, 0.25) is 0 Å². The SMILES string of the molecule is CCc1cccc2cc(O)cc(-c3ncc4c(N5CCC6(CC6)C(O)C5)nc(OC[C@@]56CCCN5C[C@H](F)C6)nc4c3F)c12. The highest BCUT2D eigenvalue weighted by Gasteiger charge is 2.52. The van der Waals surface area contributed by atoms with Gasteiger partial charge in [0.1, 0.15) is 35.6 Å². The molecule has 2 aromatic heterocycles. The Morgan fingerprint density at radius 1 is 1.09 bits per heavy atom. The molecule has 5 heterocycles. The molecular weight excluding hydrogens is 564 g/mol. The molecule has 3 aliphatic heterocycles. The number of aryl methyl sites for hydroxylation is 1. The average Bonchev–Trinajstić information content (AvgIpc) is 3.59. The lowest BCUT2D eigenvalue weighted by Gasteiger charge is -2.37. The first-order valence-corrected chi connectivity index (χ1v) is 15.9. The van der Waals surface area contributed by atoms with E-state index >= 15 is 4.39 Å². The van der Waals surface area contributed by atoms with Crippen LogP contribution in [0, 0.1) is 11.2 Å². The maximum atomic E-state index is 16.8. The number of β-amino-alcohol motifs (C(OH)–C–C–N with tert-alkyl or cyclic N) is 1. The Labute approximate surface area is 254 Å². The summed E-state index contributed by atoms with van der Waals surface area (Å²) in [5, 5.41) is 23.6. The van der Waals surface area contributed by atoms with Crippen molar-refractivity contribution in [2.75, 3.05) is 37.7 Å². The molecule has 2 N–H and O–H groups in total. The van der Waals surface area contributed by atoms with Crippen molar-refractivity contribution in [2.45, 2.75) is 69.7 Å². The summed E-state index contributed by atoms with van der Waals surface area (Å²) < 4.78 is 37.5. The molecule has 4 aliphatic rings. The number of benzene rings is 2. The van der Waals surface area contributed by atoms with Crippen molar-refractivity contribution in [3.8, 4) is 23.0 Å². The molecule has 10 heteroatoms. The highest BCUT2D eigenvalue weighted by molar-refractivity contribution is 6.01. The molecule has 1 unspecified atom stereocenters. The van der Waals surface area contributed by atoms with Crippen LogP contribution in [0.1, 0.15) is 51.0 Å². The van der Waals surface area contributed by atoms with E-state index in [0.29, 0.717) is 42.8 Å². The van der Waals surface area contributed by atoms with Gasteiger partial charge < -0.3 is 19.8 Å². The first kappa shape index (κ1) is 27.9. The third kappa shape index (κ3) is 4.40. The zero-order valence-corrected chi connectivity index (χ0v) is 24.9. The summed E-state index contributed by atoms with van der Waals surface area (Å²) in [5.41, 5.74) is 1.24. The van der Waals surface area contributed by atoms with E-state index in [2.05, 4.69) is 14.9 Å². The van der Waals surface area contributed by atoms with Crippen LogP contribution in [0.2, 0.25) is 0 Å². The van der Waals surface area contributed by atoms with Crippen molar-refractivity contribution in [3.63, 3.8) is 0 Å². The number of aliphatic hydroxyl groups excluding tert-OH is 1. The van der Waals surface area contributed by atoms with E-state index in [1.54, 1.807) is 18.3 Å². The van der Waals surface area contributed by atoms with Gasteiger partial charge in [-0.2, -0.15) is 9.97 Å². The summed E-state index contributed by atoms with van der Waals surface area (Å²) in [6, 6.07) is 9.08. The molecule has 1 saturated carbocycles. The van der Waals surface area contributed by atoms with Crippen molar-refractivity contribution in [3.05, 3.63) is 47.9 Å². The highest BCUT2D eigenvalue weighted by Crippen LogP contribution is 2.54. The second kappa shape index (κ2) is 10.2. The molecular formula is C34H37F2N5O3. The standard InChI is InChI=1S/C34H37F2N5O3/c1-2-20-5-3-6-21-13-23(42)14-24(27(20)21)29-28(36)30-25(16-37-29)31(40-12-10-33(8-9-33)26(43)18-40)39-32(38-30)44-19-34-7-4-11-41(34)17-22(35)15-34/h3,5-6,13-14,16,22,26,42-43H,2,4,7-12,15,17-19H2,1H3/t22-,26?,34+/m1/s1. The molecule has 1 aliphatic carbocycles. The summed E-state index contributed by atoms with van der Waals surface area (Å²) >= 11 is 0. The molecule has 4 aromatic rings. The Morgan fingerprint density at radius 3 is 2.75 bits per heavy atom. The Balaban J connectivity index is 1.25. The molecule has 8 rings (SSSR count). The first-order valence-electron chi connectivity index (χ1n) is 15.9. The Bertz CT molecular complexity index is 1780. The zero-order chi connectivity index (χ0) is 30.2. The number of nitrogens with zero attached hydrogens (tertiary/aromatic N) is 5. The third-order valence-electron chi connectivity index (χ3n) is 10.7. The lowest BCUT2D eigenvalue weighted by atomic mass is 9.90. The van der Waals surface area contributed by atoms with E-state index in [4.69, 9.17) is 9.72 Å². The minimum absolute atomic E-state index is 0.0147. The Morgan fingerprint density at radius 2 is 1.95 bits per heavy atom. The van der Waals surface area contributed by atoms with Crippen LogP contribution >= 0.6 is 0 Å². The molecule has 2 aromatic carbocycles. The number of piperidine rings is 1. The van der Waals surface area contributed by atoms with E-state index in [9.17, 15) is 14.6 Å². The maximum Gasteiger partial charge on any atom is 0.319 e. The number of pyridine rings is 1. The quantitative estimate of drug-likeness (QED) is 0.297. The number of aromatic nitrogens is 3. The van der Waals surface area contributed by atoms with Crippen LogP contribution in [-0.2, 0) is 6.42 Å². The van der Waals surface area contributed by atoms with Gasteiger partial charge in [0.25, 0.3) is 0 Å². The molecule has 1 spiro atoms. The van der Waals surface area contributed by atoms with E-state index in [-0.39, 0.29) is 35.0 Å². The summed E-state index contributed by atoms with van der Waals surface area (Å²) in [7, 11) is 0. The number of phenols is 1. The number of aromatic hydroxyl groups is 1. The molecule has 0 amide bonds. The van der Waals surface area contributed by atoms with Crippen molar-refractivity contribution < 1.29 is 23.7 Å². The molecule has 230 valence electrons. The van der Waals surface area contributed by atoms with Gasteiger partial charge in [-0.3, -0.25) is 9.88 Å². The molecule has 3 saturated heterocycles. The number of alkyl halides is 1. The Kier molecular flexibility index (Phi) is 6.47. The van der Waals surface area contributed by atoms with Gasteiger partial charge in [-0.15, -0.1) is 0 Å². The second-order valence-electron chi connectivity index (χ2n) is 13.3. The fraction of sp³-hybridized carbons (Fsp3) is 0.500. The molecule has 4 fully saturated rings. The zero-order valence-electron chi connectivity index (χ0n) is 24.9. The van der Waals surface area contributed by atoms with Crippen molar-refractivity contribution in [1.29, 1.82) is 0 Å². The van der Waals surface area contributed by atoms with Crippen LogP contribution in [0.25, 0.3) is 32.9 Å². The number of ether oxygens (including phenoxy) is 1. The van der Waals surface area contributed by atoms with E-state index < -0.39 is 23.6 Å². The molecule has 44 heavy (non-hydrogen) atoms. The van der Waals surface area contributed by atoms with Crippen LogP contribution in [0.15, 0.2) is 36.5 Å². The van der Waals surface area contributed by atoms with E-state index in [1.807, 2.05) is 30.0 Å². The van der Waals surface area contributed by atoms with Crippen LogP contribution in [-0.4, -0.2) is 80.7 Å². The van der Waals surface area contributed by atoms with E-state index in [0.717, 1.165) is 61.4 Å². The highest BCUT2D eigenvalue weighted by atomic mass is 19.1. The molecule has 0 bridgehead atoms. The van der Waals surface area contributed by atoms with Crippen molar-refractivity contribution >= 4 is 27.5 Å². The van der Waals surface area contributed by atoms with Gasteiger partial charge in [-0.1, -0.05) is 25.1 Å². The summed E-state index contributed by atoms with van der Waals surface area (Å²) in [6.45, 7) is 4.56. The third-order valence-corrected chi connectivity index (χ3v) is 10.7. The van der Waals surface area contributed by atoms with Crippen molar-refractivity contribution in [1.82, 2.24) is 19.9 Å². The fourth-order valence-electron chi connectivity index (χ4n) is 8.09. The molecule has 8 nitrogen and oxygen atoms in total. The maximum absolute atomic E-state index is 16.8. The first-order chi connectivity index (χ1) is 21.3. The average molecular weight is 602 g/mol. The summed E-state index contributed by atoms with van der Waals surface area (Å²) in [6.07, 6.45) is 6.01. The number of hydrogen-bond acceptors (Lipinski definition) is 8. The van der Waals surface area contributed by atoms with Gasteiger partial charge in [0.05, 0.1) is 17.0 Å². The minimum Gasteiger partial charge on any atom is -0.508 e. The number of phenolic OH excluding ortho intramolecular Hbond substituents is 1. The number of hydrogen-bond donors (Lipinski definition) is 2. The van der Waals surface area contributed by atoms with Gasteiger partial charge in [0.15, 0.2) is 5.82 Å². The van der Waals surface area contributed by atoms with Gasteiger partial charge in [-0.25, -0.2) is 8.78 Å². The van der Waals surface area contributed by atoms with Gasteiger partial charge >= 0.3 is 6.01 Å². The van der Waals surface area contributed by atoms with Gasteiger partial charge in [0, 0.05) is 37.8 Å². The lowest BCUT2D eigenvalue weighted by molar-refractivity contribution is 0.0773. The second-order valence-corrected chi connectivity index (χ2v) is 13.3. The van der Waals surface area contributed by atoms with E-state index in [1.165, 1.54) is 0 Å². The number of halogens is 2. The monoisotopic (exact) mass is 601 g/mol. The summed E-state index contributed by atoms with van der Waals surface area (Å²) in [5.74, 6) is -0.132. The Hall–Kier alpha value is -3.63. The lowest BCUT2D eigenvalue weighted by Crippen LogP contribution is -2.45. The number of aliphatic hydroxyl groups is 1. The summed E-state index contributed by atoms with van der Waals surface area (Å²) in [4.78, 5) is 18.1. The van der Waals surface area contributed by atoms with Crippen LogP contribution in [0.5, 0.6) is 11.8 Å². The van der Waals surface area contributed by atoms with Gasteiger partial charge in [-0.05, 0) is 79.0 Å². The number of rotatable bonds is 6. The molecule has 3 atom stereocenters. The van der Waals surface area contributed by atoms with Crippen LogP contribution in [0.3, 0.4) is 0 Å². The number of anilines is 1. The smallest absolute Gasteiger partial charge is 0.319 e. The topological polar surface area (TPSA) is 94.8 Å². The minimum atomic E-state index is -0.896. The van der Waals surface area contributed by atoms with Crippen LogP contribution in [0.4, 0.5) is 14.6 Å². The van der Waals surface area contributed by atoms with Crippen molar-refractivity contribution in [2.24, 2.45) is 5.41 Å². The molecule has 0 radical (unpaired) electrons. The predicted molar refractivity (Wildman–Crippen MR) is 164 cm³/mol. The number of fused-ring (bicyclic) bond motifs is 3.